The Kier molecular flexibility index (Phi) is 3.69. The van der Waals surface area contributed by atoms with Crippen LogP contribution in [0.4, 0.5) is 17.1 Å². The molecule has 0 amide bonds. The zero-order valence-corrected chi connectivity index (χ0v) is 11.7. The van der Waals surface area contributed by atoms with E-state index in [2.05, 4.69) is 26.0 Å². The number of nitrogens with zero attached hydrogens (tertiary/aromatic N) is 3. The first kappa shape index (κ1) is 13.6. The Hall–Kier alpha value is -3.35. The van der Waals surface area contributed by atoms with Crippen LogP contribution in [0.15, 0.2) is 69.9 Å². The van der Waals surface area contributed by atoms with Crippen molar-refractivity contribution < 1.29 is 0 Å². The van der Waals surface area contributed by atoms with Gasteiger partial charge in [0.2, 0.25) is 0 Å². The van der Waals surface area contributed by atoms with Crippen molar-refractivity contribution >= 4 is 34.4 Å². The topological polar surface area (TPSA) is 113 Å². The minimum Gasteiger partial charge on any atom is -0.380 e. The highest BCUT2D eigenvalue weighted by atomic mass is 15.4. The van der Waals surface area contributed by atoms with Crippen LogP contribution >= 0.6 is 0 Å². The second-order valence-electron chi connectivity index (χ2n) is 4.61. The second-order valence-corrected chi connectivity index (χ2v) is 4.61. The van der Waals surface area contributed by atoms with Gasteiger partial charge in [-0.05, 0) is 36.4 Å². The lowest BCUT2D eigenvalue weighted by atomic mass is 10.2. The van der Waals surface area contributed by atoms with Crippen LogP contribution in [0.5, 0.6) is 0 Å². The van der Waals surface area contributed by atoms with Crippen molar-refractivity contribution in [1.82, 2.24) is 0 Å². The highest BCUT2D eigenvalue weighted by Crippen LogP contribution is 2.18. The molecule has 0 aliphatic carbocycles. The van der Waals surface area contributed by atoms with Gasteiger partial charge in [0.1, 0.15) is 0 Å². The number of anilines is 3. The van der Waals surface area contributed by atoms with E-state index in [1.54, 1.807) is 0 Å². The van der Waals surface area contributed by atoms with Gasteiger partial charge in [0, 0.05) is 11.4 Å². The fourth-order valence-electron chi connectivity index (χ4n) is 1.88. The van der Waals surface area contributed by atoms with Crippen molar-refractivity contribution in [3.05, 3.63) is 54.6 Å². The Bertz CT molecular complexity index is 725. The van der Waals surface area contributed by atoms with E-state index >= 15 is 0 Å². The van der Waals surface area contributed by atoms with Crippen LogP contribution in [0.2, 0.25) is 0 Å². The number of hydrogen-bond donors (Lipinski definition) is 4. The zero-order valence-electron chi connectivity index (χ0n) is 11.7. The quantitative estimate of drug-likeness (QED) is 0.644. The predicted molar refractivity (Wildman–Crippen MR) is 90.5 cm³/mol. The minimum atomic E-state index is 0.201. The standard InChI is InChI=1S/C15H15N7/c16-14-13(15(17)22-21-14)20-19-12-8-6-11(7-9-12)18-10-4-2-1-3-5-10/h1-9,18-19H,(H4,16,17,20,21,22). The van der Waals surface area contributed by atoms with Crippen LogP contribution in [0.25, 0.3) is 0 Å². The van der Waals surface area contributed by atoms with Crippen LogP contribution in [0, 0.1) is 0 Å². The van der Waals surface area contributed by atoms with E-state index in [0.29, 0.717) is 5.71 Å². The number of rotatable bonds is 4. The molecule has 6 N–H and O–H groups in total. The van der Waals surface area contributed by atoms with Gasteiger partial charge < -0.3 is 16.8 Å². The zero-order chi connectivity index (χ0) is 15.4. The van der Waals surface area contributed by atoms with Crippen LogP contribution < -0.4 is 22.2 Å². The van der Waals surface area contributed by atoms with E-state index in [4.69, 9.17) is 11.5 Å². The van der Waals surface area contributed by atoms with Crippen LogP contribution in [-0.2, 0) is 0 Å². The van der Waals surface area contributed by atoms with E-state index in [-0.39, 0.29) is 11.7 Å². The maximum absolute atomic E-state index is 5.62. The number of benzene rings is 2. The van der Waals surface area contributed by atoms with E-state index in [1.807, 2.05) is 54.6 Å². The first-order chi connectivity index (χ1) is 10.7. The first-order valence-corrected chi connectivity index (χ1v) is 6.65. The molecule has 0 fully saturated rings. The van der Waals surface area contributed by atoms with Gasteiger partial charge in [0.25, 0.3) is 0 Å². The molecule has 0 radical (unpaired) electrons. The number of amidine groups is 2. The van der Waals surface area contributed by atoms with Gasteiger partial charge in [0.05, 0.1) is 5.69 Å². The lowest BCUT2D eigenvalue weighted by Gasteiger charge is -2.07. The Morgan fingerprint density at radius 2 is 1.27 bits per heavy atom. The van der Waals surface area contributed by atoms with E-state index < -0.39 is 0 Å². The normalized spacial score (nSPS) is 13.4. The summed E-state index contributed by atoms with van der Waals surface area (Å²) in [5.74, 6) is 0.403. The number of nitrogens with two attached hydrogens (primary N) is 2. The molecule has 7 heteroatoms. The van der Waals surface area contributed by atoms with Crippen molar-refractivity contribution in [2.45, 2.75) is 0 Å². The van der Waals surface area contributed by atoms with Crippen LogP contribution in [0.3, 0.4) is 0 Å². The molecule has 2 aromatic rings. The van der Waals surface area contributed by atoms with Gasteiger partial charge in [-0.2, -0.15) is 5.10 Å². The number of hydrogen-bond acceptors (Lipinski definition) is 7. The molecule has 0 saturated carbocycles. The molecule has 0 spiro atoms. The largest absolute Gasteiger partial charge is 0.380 e. The second kappa shape index (κ2) is 5.96. The molecule has 0 unspecified atom stereocenters. The van der Waals surface area contributed by atoms with Crippen molar-refractivity contribution in [2.24, 2.45) is 26.8 Å². The molecule has 2 aromatic carbocycles. The van der Waals surface area contributed by atoms with Crippen molar-refractivity contribution in [1.29, 1.82) is 0 Å². The average Bonchev–Trinajstić information content (AvgIpc) is 2.86. The van der Waals surface area contributed by atoms with E-state index in [9.17, 15) is 0 Å². The molecule has 0 atom stereocenters. The number of hydrazone groups is 1. The van der Waals surface area contributed by atoms with Gasteiger partial charge in [0.15, 0.2) is 17.4 Å². The smallest absolute Gasteiger partial charge is 0.177 e. The molecule has 0 aromatic heterocycles. The lowest BCUT2D eigenvalue weighted by molar-refractivity contribution is 1.25. The molecular weight excluding hydrogens is 278 g/mol. The third kappa shape index (κ3) is 3.04. The Balaban J connectivity index is 1.66. The summed E-state index contributed by atoms with van der Waals surface area (Å²) in [6.07, 6.45) is 0. The van der Waals surface area contributed by atoms with Crippen molar-refractivity contribution in [3.8, 4) is 0 Å². The summed E-state index contributed by atoms with van der Waals surface area (Å²) in [5, 5.41) is 14.7. The summed E-state index contributed by atoms with van der Waals surface area (Å²) in [4.78, 5) is 0. The molecule has 0 bridgehead atoms. The monoisotopic (exact) mass is 293 g/mol. The van der Waals surface area contributed by atoms with E-state index in [1.165, 1.54) is 0 Å². The SMILES string of the molecule is NC1=NN=C(N)C1=NNc1ccc(Nc2ccccc2)cc1. The summed E-state index contributed by atoms with van der Waals surface area (Å²) < 4.78 is 0. The van der Waals surface area contributed by atoms with Gasteiger partial charge >= 0.3 is 0 Å². The highest BCUT2D eigenvalue weighted by molar-refractivity contribution is 6.68. The minimum absolute atomic E-state index is 0.201. The molecule has 3 rings (SSSR count). The Morgan fingerprint density at radius 1 is 0.727 bits per heavy atom. The van der Waals surface area contributed by atoms with Crippen molar-refractivity contribution in [3.63, 3.8) is 0 Å². The average molecular weight is 293 g/mol. The van der Waals surface area contributed by atoms with Gasteiger partial charge in [-0.1, -0.05) is 18.2 Å². The fraction of sp³-hybridized carbons (Fsp3) is 0. The van der Waals surface area contributed by atoms with Crippen LogP contribution in [-0.4, -0.2) is 17.4 Å². The maximum Gasteiger partial charge on any atom is 0.177 e. The Labute approximate surface area is 127 Å². The maximum atomic E-state index is 5.62. The first-order valence-electron chi connectivity index (χ1n) is 6.65. The highest BCUT2D eigenvalue weighted by Gasteiger charge is 2.16. The summed E-state index contributed by atoms with van der Waals surface area (Å²) in [6.45, 7) is 0. The Morgan fingerprint density at radius 3 is 1.91 bits per heavy atom. The third-order valence-electron chi connectivity index (χ3n) is 2.99. The molecule has 1 heterocycles. The van der Waals surface area contributed by atoms with Gasteiger partial charge in [-0.15, -0.1) is 10.2 Å². The van der Waals surface area contributed by atoms with E-state index in [0.717, 1.165) is 17.1 Å². The number of nitrogens with one attached hydrogen (secondary N) is 2. The summed E-state index contributed by atoms with van der Waals surface area (Å²) in [5.41, 5.74) is 17.3. The third-order valence-corrected chi connectivity index (χ3v) is 2.99. The molecule has 7 nitrogen and oxygen atoms in total. The summed E-state index contributed by atoms with van der Waals surface area (Å²) in [7, 11) is 0. The molecule has 1 aliphatic rings. The summed E-state index contributed by atoms with van der Waals surface area (Å²) in [6, 6.07) is 17.6. The van der Waals surface area contributed by atoms with Gasteiger partial charge in [-0.25, -0.2) is 0 Å². The molecule has 22 heavy (non-hydrogen) atoms. The van der Waals surface area contributed by atoms with Crippen LogP contribution in [0.1, 0.15) is 0 Å². The molecule has 1 aliphatic heterocycles. The molecule has 110 valence electrons. The number of para-hydroxylation sites is 1. The molecule has 0 saturated heterocycles. The summed E-state index contributed by atoms with van der Waals surface area (Å²) >= 11 is 0. The van der Waals surface area contributed by atoms with Crippen molar-refractivity contribution in [2.75, 3.05) is 10.7 Å². The fourth-order valence-corrected chi connectivity index (χ4v) is 1.88. The lowest BCUT2D eigenvalue weighted by Crippen LogP contribution is -2.32. The molecular formula is C15H15N7. The van der Waals surface area contributed by atoms with Gasteiger partial charge in [-0.3, -0.25) is 5.43 Å². The predicted octanol–water partition coefficient (Wildman–Crippen LogP) is 1.84.